The van der Waals surface area contributed by atoms with Crippen LogP contribution in [0.4, 0.5) is 0 Å². The second-order valence-corrected chi connectivity index (χ2v) is 7.81. The van der Waals surface area contributed by atoms with E-state index in [1.807, 2.05) is 25.1 Å². The molecule has 0 saturated heterocycles. The van der Waals surface area contributed by atoms with Crippen molar-refractivity contribution in [2.24, 2.45) is 5.41 Å². The van der Waals surface area contributed by atoms with Gasteiger partial charge in [-0.25, -0.2) is 0 Å². The van der Waals surface area contributed by atoms with Crippen molar-refractivity contribution in [1.82, 2.24) is 0 Å². The zero-order valence-corrected chi connectivity index (χ0v) is 17.2. The fourth-order valence-electron chi connectivity index (χ4n) is 3.63. The number of ether oxygens (including phenoxy) is 1. The van der Waals surface area contributed by atoms with Crippen molar-refractivity contribution >= 4 is 5.97 Å². The number of carbonyl (C=O) groups is 1. The first-order chi connectivity index (χ1) is 12.9. The fraction of sp³-hybridized carbons (Fsp3) is 0.542. The normalized spacial score (nSPS) is 16.3. The quantitative estimate of drug-likeness (QED) is 0.337. The molecule has 0 fully saturated rings. The number of unbranched alkanes of at least 4 members (excludes halogenated alkanes) is 1. The first kappa shape index (κ1) is 21.1. The Bertz CT molecular complexity index is 750. The molecule has 0 saturated carbocycles. The van der Waals surface area contributed by atoms with Crippen LogP contribution in [-0.2, 0) is 16.0 Å². The van der Waals surface area contributed by atoms with Gasteiger partial charge in [0, 0.05) is 12.8 Å². The van der Waals surface area contributed by atoms with Gasteiger partial charge in [0.1, 0.15) is 5.76 Å². The minimum atomic E-state index is -0.123. The molecule has 27 heavy (non-hydrogen) atoms. The number of carbonyl (C=O) groups excluding carboxylic acids is 1. The van der Waals surface area contributed by atoms with E-state index in [-0.39, 0.29) is 11.4 Å². The number of hydrogen-bond acceptors (Lipinski definition) is 3. The molecule has 0 spiro atoms. The van der Waals surface area contributed by atoms with Crippen LogP contribution in [0.25, 0.3) is 0 Å². The highest BCUT2D eigenvalue weighted by Crippen LogP contribution is 2.40. The lowest BCUT2D eigenvalue weighted by Gasteiger charge is -2.32. The van der Waals surface area contributed by atoms with E-state index in [2.05, 4.69) is 38.7 Å². The fourth-order valence-corrected chi connectivity index (χ4v) is 3.63. The minimum absolute atomic E-state index is 0.123. The third kappa shape index (κ3) is 6.79. The lowest BCUT2D eigenvalue weighted by Crippen LogP contribution is -2.18. The molecule has 0 amide bonds. The van der Waals surface area contributed by atoms with Gasteiger partial charge in [0.2, 0.25) is 0 Å². The van der Waals surface area contributed by atoms with Gasteiger partial charge in [-0.3, -0.25) is 4.79 Å². The average molecular weight is 369 g/mol. The standard InChI is InChI=1S/C24H32O3/c1-5-26-23(25)15-9-7-13-21-17-16-20(27-21)12-6-8-14-22-19(2)11-10-18-24(22,3)4/h8,14,16-17H,5,7,9-11,13,15,18H2,1-4H3. The summed E-state index contributed by atoms with van der Waals surface area (Å²) in [5.74, 6) is 7.65. The van der Waals surface area contributed by atoms with Crippen molar-refractivity contribution < 1.29 is 13.9 Å². The highest BCUT2D eigenvalue weighted by molar-refractivity contribution is 5.69. The summed E-state index contributed by atoms with van der Waals surface area (Å²) in [5, 5.41) is 0. The highest BCUT2D eigenvalue weighted by Gasteiger charge is 2.26. The Morgan fingerprint density at radius 1 is 1.33 bits per heavy atom. The number of esters is 1. The lowest BCUT2D eigenvalue weighted by molar-refractivity contribution is -0.143. The summed E-state index contributed by atoms with van der Waals surface area (Å²) in [6.07, 6.45) is 10.8. The Labute approximate surface area is 163 Å². The largest absolute Gasteiger partial charge is 0.466 e. The second kappa shape index (κ2) is 10.2. The van der Waals surface area contributed by atoms with Gasteiger partial charge in [-0.2, -0.15) is 0 Å². The van der Waals surface area contributed by atoms with Crippen LogP contribution in [0.5, 0.6) is 0 Å². The molecule has 1 aromatic heterocycles. The molecule has 0 N–H and O–H groups in total. The smallest absolute Gasteiger partial charge is 0.305 e. The summed E-state index contributed by atoms with van der Waals surface area (Å²) in [6.45, 7) is 9.12. The number of allylic oxidation sites excluding steroid dienone is 4. The first-order valence-electron chi connectivity index (χ1n) is 10.0. The number of aryl methyl sites for hydroxylation is 1. The third-order valence-electron chi connectivity index (χ3n) is 5.09. The third-order valence-corrected chi connectivity index (χ3v) is 5.09. The topological polar surface area (TPSA) is 39.4 Å². The van der Waals surface area contributed by atoms with Crippen LogP contribution in [0.2, 0.25) is 0 Å². The molecule has 0 aromatic carbocycles. The molecule has 2 rings (SSSR count). The number of hydrogen-bond donors (Lipinski definition) is 0. The predicted octanol–water partition coefficient (Wildman–Crippen LogP) is 5.99. The molecule has 0 bridgehead atoms. The molecule has 146 valence electrons. The molecule has 0 aliphatic heterocycles. The predicted molar refractivity (Wildman–Crippen MR) is 109 cm³/mol. The van der Waals surface area contributed by atoms with Crippen molar-refractivity contribution in [3.05, 3.63) is 47.0 Å². The molecule has 0 radical (unpaired) electrons. The van der Waals surface area contributed by atoms with Crippen molar-refractivity contribution in [2.45, 2.75) is 72.6 Å². The Kier molecular flexibility index (Phi) is 7.98. The van der Waals surface area contributed by atoms with Crippen LogP contribution >= 0.6 is 0 Å². The van der Waals surface area contributed by atoms with Gasteiger partial charge in [-0.15, -0.1) is 0 Å². The molecular formula is C24H32O3. The highest BCUT2D eigenvalue weighted by atomic mass is 16.5. The van der Waals surface area contributed by atoms with Gasteiger partial charge in [-0.05, 0) is 81.1 Å². The number of furan rings is 1. The Morgan fingerprint density at radius 2 is 2.15 bits per heavy atom. The van der Waals surface area contributed by atoms with Gasteiger partial charge in [0.25, 0.3) is 0 Å². The van der Waals surface area contributed by atoms with Crippen molar-refractivity contribution in [3.8, 4) is 11.8 Å². The minimum Gasteiger partial charge on any atom is -0.466 e. The maximum Gasteiger partial charge on any atom is 0.305 e. The SMILES string of the molecule is CCOC(=O)CCCCc1ccc(C#CC=CC2=C(C)CCCC2(C)C)o1. The second-order valence-electron chi connectivity index (χ2n) is 7.81. The van der Waals surface area contributed by atoms with Crippen molar-refractivity contribution in [1.29, 1.82) is 0 Å². The zero-order chi connectivity index (χ0) is 19.7. The molecule has 3 nitrogen and oxygen atoms in total. The van der Waals surface area contributed by atoms with E-state index in [4.69, 9.17) is 9.15 Å². The van der Waals surface area contributed by atoms with Gasteiger partial charge >= 0.3 is 5.97 Å². The monoisotopic (exact) mass is 368 g/mol. The molecule has 3 heteroatoms. The van der Waals surface area contributed by atoms with Crippen LogP contribution in [0.1, 0.15) is 77.7 Å². The molecule has 1 aliphatic rings. The summed E-state index contributed by atoms with van der Waals surface area (Å²) >= 11 is 0. The molecule has 1 aromatic rings. The van der Waals surface area contributed by atoms with E-state index >= 15 is 0 Å². The van der Waals surface area contributed by atoms with Gasteiger partial charge in [0.15, 0.2) is 5.76 Å². The summed E-state index contributed by atoms with van der Waals surface area (Å²) in [7, 11) is 0. The van der Waals surface area contributed by atoms with Gasteiger partial charge < -0.3 is 9.15 Å². The molecule has 1 heterocycles. The van der Waals surface area contributed by atoms with E-state index in [0.29, 0.717) is 18.8 Å². The lowest BCUT2D eigenvalue weighted by atomic mass is 9.73. The number of rotatable bonds is 7. The van der Waals surface area contributed by atoms with Crippen molar-refractivity contribution in [2.75, 3.05) is 6.61 Å². The zero-order valence-electron chi connectivity index (χ0n) is 17.2. The molecule has 1 aliphatic carbocycles. The van der Waals surface area contributed by atoms with E-state index in [1.54, 1.807) is 0 Å². The summed E-state index contributed by atoms with van der Waals surface area (Å²) in [5.41, 5.74) is 3.14. The van der Waals surface area contributed by atoms with Gasteiger partial charge in [-0.1, -0.05) is 31.4 Å². The van der Waals surface area contributed by atoms with Crippen molar-refractivity contribution in [3.63, 3.8) is 0 Å². The summed E-state index contributed by atoms with van der Waals surface area (Å²) in [4.78, 5) is 11.3. The Hall–Kier alpha value is -2.21. The van der Waals surface area contributed by atoms with Crippen LogP contribution in [0, 0.1) is 17.3 Å². The Morgan fingerprint density at radius 3 is 2.89 bits per heavy atom. The average Bonchev–Trinajstić information content (AvgIpc) is 3.05. The van der Waals surface area contributed by atoms with E-state index in [1.165, 1.54) is 30.4 Å². The van der Waals surface area contributed by atoms with Gasteiger partial charge in [0.05, 0.1) is 6.61 Å². The maximum atomic E-state index is 11.3. The summed E-state index contributed by atoms with van der Waals surface area (Å²) < 4.78 is 10.7. The molecular weight excluding hydrogens is 336 g/mol. The van der Waals surface area contributed by atoms with Crippen LogP contribution in [0.3, 0.4) is 0 Å². The van der Waals surface area contributed by atoms with Crippen LogP contribution in [-0.4, -0.2) is 12.6 Å². The summed E-state index contributed by atoms with van der Waals surface area (Å²) in [6, 6.07) is 3.88. The van der Waals surface area contributed by atoms with Crippen LogP contribution < -0.4 is 0 Å². The molecule has 0 atom stereocenters. The maximum absolute atomic E-state index is 11.3. The first-order valence-corrected chi connectivity index (χ1v) is 10.0. The van der Waals surface area contributed by atoms with Crippen LogP contribution in [0.15, 0.2) is 39.8 Å². The molecule has 0 unspecified atom stereocenters. The van der Waals surface area contributed by atoms with E-state index in [0.717, 1.165) is 25.0 Å². The van der Waals surface area contributed by atoms with E-state index < -0.39 is 0 Å². The van der Waals surface area contributed by atoms with E-state index in [9.17, 15) is 4.79 Å². The Balaban J connectivity index is 1.83.